The number of nitrogens with one attached hydrogen (secondary N) is 2. The zero-order valence-electron chi connectivity index (χ0n) is 18.5. The summed E-state index contributed by atoms with van der Waals surface area (Å²) in [6, 6.07) is 15.3. The number of carbonyl (C=O) groups is 2. The van der Waals surface area contributed by atoms with E-state index in [1.807, 2.05) is 12.1 Å². The smallest absolute Gasteiger partial charge is 0.241 e. The first kappa shape index (κ1) is 24.4. The van der Waals surface area contributed by atoms with Crippen molar-refractivity contribution in [1.82, 2.24) is 14.5 Å². The van der Waals surface area contributed by atoms with Gasteiger partial charge in [-0.25, -0.2) is 13.1 Å². The first-order valence-electron chi connectivity index (χ1n) is 10.6. The second-order valence-electron chi connectivity index (χ2n) is 7.85. The second kappa shape index (κ2) is 11.0. The van der Waals surface area contributed by atoms with Crippen molar-refractivity contribution >= 4 is 27.5 Å². The highest BCUT2D eigenvalue weighted by molar-refractivity contribution is 7.89. The summed E-state index contributed by atoms with van der Waals surface area (Å²) in [5.41, 5.74) is 2.22. The van der Waals surface area contributed by atoms with Crippen molar-refractivity contribution in [2.24, 2.45) is 0 Å². The maximum Gasteiger partial charge on any atom is 0.241 e. The molecule has 0 atom stereocenters. The molecule has 2 aromatic rings. The van der Waals surface area contributed by atoms with Crippen LogP contribution >= 0.6 is 0 Å². The van der Waals surface area contributed by atoms with Crippen LogP contribution in [0.4, 0.5) is 5.69 Å². The average Bonchev–Trinajstić information content (AvgIpc) is 3.04. The molecule has 1 saturated heterocycles. The maximum absolute atomic E-state index is 12.6. The first-order valence-corrected chi connectivity index (χ1v) is 12.1. The Morgan fingerprint density at radius 3 is 2.33 bits per heavy atom. The third-order valence-corrected chi connectivity index (χ3v) is 6.75. The molecule has 0 unspecified atom stereocenters. The zero-order valence-corrected chi connectivity index (χ0v) is 19.3. The standard InChI is InChI=1S/C23H27N5O4S/c1-18(29)26-21-7-9-22(10-8-21)33(31,32)25-16-23(30)28-12-2-11-27(13-14-28)17-20-5-3-19(15-24)4-6-20/h3-10,25H,2,11-14,16-17H2,1H3,(H,26,29). The van der Waals surface area contributed by atoms with Crippen molar-refractivity contribution in [3.05, 3.63) is 59.7 Å². The van der Waals surface area contributed by atoms with Crippen LogP contribution in [-0.2, 0) is 26.2 Å². The van der Waals surface area contributed by atoms with E-state index in [-0.39, 0.29) is 23.3 Å². The number of hydrogen-bond acceptors (Lipinski definition) is 6. The highest BCUT2D eigenvalue weighted by atomic mass is 32.2. The summed E-state index contributed by atoms with van der Waals surface area (Å²) in [6.45, 7) is 4.38. The molecule has 1 aliphatic heterocycles. The molecular weight excluding hydrogens is 442 g/mol. The van der Waals surface area contributed by atoms with E-state index in [4.69, 9.17) is 5.26 Å². The second-order valence-corrected chi connectivity index (χ2v) is 9.62. The summed E-state index contributed by atoms with van der Waals surface area (Å²) in [7, 11) is -3.85. The van der Waals surface area contributed by atoms with Gasteiger partial charge in [-0.05, 0) is 48.4 Å². The molecule has 0 aromatic heterocycles. The predicted octanol–water partition coefficient (Wildman–Crippen LogP) is 1.53. The summed E-state index contributed by atoms with van der Waals surface area (Å²) in [5, 5.41) is 11.5. The molecule has 0 saturated carbocycles. The van der Waals surface area contributed by atoms with Crippen LogP contribution in [0.25, 0.3) is 0 Å². The molecule has 2 N–H and O–H groups in total. The van der Waals surface area contributed by atoms with Gasteiger partial charge in [-0.2, -0.15) is 5.26 Å². The molecule has 1 fully saturated rings. The van der Waals surface area contributed by atoms with Crippen molar-refractivity contribution in [2.45, 2.75) is 24.8 Å². The van der Waals surface area contributed by atoms with Gasteiger partial charge in [0.15, 0.2) is 0 Å². The van der Waals surface area contributed by atoms with Crippen LogP contribution in [0.5, 0.6) is 0 Å². The van der Waals surface area contributed by atoms with Gasteiger partial charge in [0, 0.05) is 45.3 Å². The molecule has 1 heterocycles. The van der Waals surface area contributed by atoms with Crippen LogP contribution in [0.2, 0.25) is 0 Å². The Morgan fingerprint density at radius 2 is 1.70 bits per heavy atom. The van der Waals surface area contributed by atoms with E-state index in [1.54, 1.807) is 17.0 Å². The normalized spacial score (nSPS) is 14.8. The number of nitrogens with zero attached hydrogens (tertiary/aromatic N) is 3. The Labute approximate surface area is 194 Å². The summed E-state index contributed by atoms with van der Waals surface area (Å²) in [6.07, 6.45) is 0.791. The van der Waals surface area contributed by atoms with Gasteiger partial charge in [-0.1, -0.05) is 12.1 Å². The Morgan fingerprint density at radius 1 is 1.00 bits per heavy atom. The Balaban J connectivity index is 1.50. The molecule has 1 aliphatic rings. The molecule has 174 valence electrons. The molecule has 33 heavy (non-hydrogen) atoms. The number of rotatable bonds is 7. The predicted molar refractivity (Wildman–Crippen MR) is 124 cm³/mol. The van der Waals surface area contributed by atoms with Crippen molar-refractivity contribution in [2.75, 3.05) is 38.0 Å². The summed E-state index contributed by atoms with van der Waals surface area (Å²) in [4.78, 5) is 27.7. The van der Waals surface area contributed by atoms with Crippen LogP contribution in [0.15, 0.2) is 53.4 Å². The SMILES string of the molecule is CC(=O)Nc1ccc(S(=O)(=O)NCC(=O)N2CCCN(Cc3ccc(C#N)cc3)CC2)cc1. The zero-order chi connectivity index (χ0) is 23.8. The molecular formula is C23H27N5O4S. The van der Waals surface area contributed by atoms with Crippen molar-refractivity contribution in [1.29, 1.82) is 5.26 Å². The number of hydrogen-bond donors (Lipinski definition) is 2. The van der Waals surface area contributed by atoms with E-state index in [0.717, 1.165) is 25.1 Å². The fraction of sp³-hybridized carbons (Fsp3) is 0.348. The molecule has 0 radical (unpaired) electrons. The van der Waals surface area contributed by atoms with Gasteiger partial charge in [-0.3, -0.25) is 14.5 Å². The van der Waals surface area contributed by atoms with Gasteiger partial charge in [0.1, 0.15) is 0 Å². The molecule has 0 aliphatic carbocycles. The van der Waals surface area contributed by atoms with E-state index >= 15 is 0 Å². The molecule has 9 nitrogen and oxygen atoms in total. The van der Waals surface area contributed by atoms with E-state index in [2.05, 4.69) is 21.0 Å². The lowest BCUT2D eigenvalue weighted by atomic mass is 10.1. The van der Waals surface area contributed by atoms with E-state index in [1.165, 1.54) is 31.2 Å². The molecule has 0 spiro atoms. The number of nitriles is 1. The quantitative estimate of drug-likeness (QED) is 0.634. The Kier molecular flexibility index (Phi) is 8.16. The fourth-order valence-electron chi connectivity index (χ4n) is 3.59. The lowest BCUT2D eigenvalue weighted by molar-refractivity contribution is -0.129. The third kappa shape index (κ3) is 7.12. The first-order chi connectivity index (χ1) is 15.8. The minimum atomic E-state index is -3.85. The Bertz CT molecular complexity index is 1120. The van der Waals surface area contributed by atoms with E-state index < -0.39 is 10.0 Å². The number of amides is 2. The van der Waals surface area contributed by atoms with Crippen LogP contribution in [0.1, 0.15) is 24.5 Å². The molecule has 10 heteroatoms. The van der Waals surface area contributed by atoms with Crippen LogP contribution < -0.4 is 10.0 Å². The highest BCUT2D eigenvalue weighted by Crippen LogP contribution is 2.14. The minimum Gasteiger partial charge on any atom is -0.340 e. The van der Waals surface area contributed by atoms with Crippen molar-refractivity contribution in [3.8, 4) is 6.07 Å². The average molecular weight is 470 g/mol. The molecule has 2 amide bonds. The van der Waals surface area contributed by atoms with E-state index in [0.29, 0.717) is 30.9 Å². The van der Waals surface area contributed by atoms with Gasteiger partial charge >= 0.3 is 0 Å². The lowest BCUT2D eigenvalue weighted by Gasteiger charge is -2.22. The third-order valence-electron chi connectivity index (χ3n) is 5.33. The van der Waals surface area contributed by atoms with Crippen LogP contribution in [0.3, 0.4) is 0 Å². The molecule has 2 aromatic carbocycles. The van der Waals surface area contributed by atoms with Crippen molar-refractivity contribution in [3.63, 3.8) is 0 Å². The Hall–Kier alpha value is -3.26. The largest absolute Gasteiger partial charge is 0.340 e. The molecule has 0 bridgehead atoms. The number of anilines is 1. The van der Waals surface area contributed by atoms with Crippen LogP contribution in [-0.4, -0.2) is 62.8 Å². The van der Waals surface area contributed by atoms with Crippen LogP contribution in [0, 0.1) is 11.3 Å². The lowest BCUT2D eigenvalue weighted by Crippen LogP contribution is -2.41. The number of benzene rings is 2. The fourth-order valence-corrected chi connectivity index (χ4v) is 4.57. The summed E-state index contributed by atoms with van der Waals surface area (Å²) in [5.74, 6) is -0.518. The van der Waals surface area contributed by atoms with Gasteiger partial charge in [0.2, 0.25) is 21.8 Å². The maximum atomic E-state index is 12.6. The van der Waals surface area contributed by atoms with E-state index in [9.17, 15) is 18.0 Å². The number of sulfonamides is 1. The highest BCUT2D eigenvalue weighted by Gasteiger charge is 2.22. The summed E-state index contributed by atoms with van der Waals surface area (Å²) < 4.78 is 27.4. The van der Waals surface area contributed by atoms with Gasteiger partial charge in [0.25, 0.3) is 0 Å². The minimum absolute atomic E-state index is 0.0221. The van der Waals surface area contributed by atoms with Gasteiger partial charge < -0.3 is 10.2 Å². The summed E-state index contributed by atoms with van der Waals surface area (Å²) >= 11 is 0. The monoisotopic (exact) mass is 469 g/mol. The molecule has 3 rings (SSSR count). The van der Waals surface area contributed by atoms with Gasteiger partial charge in [-0.15, -0.1) is 0 Å². The van der Waals surface area contributed by atoms with Gasteiger partial charge in [0.05, 0.1) is 23.1 Å². The number of carbonyl (C=O) groups excluding carboxylic acids is 2. The van der Waals surface area contributed by atoms with Crippen molar-refractivity contribution < 1.29 is 18.0 Å². The topological polar surface area (TPSA) is 123 Å².